The third-order valence-corrected chi connectivity index (χ3v) is 5.61. The Morgan fingerprint density at radius 3 is 2.08 bits per heavy atom. The fourth-order valence-electron chi connectivity index (χ4n) is 3.41. The molecule has 1 aromatic rings. The first-order valence-electron chi connectivity index (χ1n) is 10.1. The first-order valence-corrected chi connectivity index (χ1v) is 10.1. The van der Waals surface area contributed by atoms with Crippen LogP contribution >= 0.6 is 0 Å². The van der Waals surface area contributed by atoms with Crippen molar-refractivity contribution < 1.29 is 9.53 Å². The summed E-state index contributed by atoms with van der Waals surface area (Å²) >= 11 is 0. The molecule has 0 spiro atoms. The highest BCUT2D eigenvalue weighted by molar-refractivity contribution is 5.95. The van der Waals surface area contributed by atoms with Gasteiger partial charge < -0.3 is 9.64 Å². The molecule has 3 nitrogen and oxygen atoms in total. The van der Waals surface area contributed by atoms with E-state index in [1.54, 1.807) is 0 Å². The molecule has 144 valence electrons. The molecule has 1 saturated carbocycles. The van der Waals surface area contributed by atoms with Crippen LogP contribution in [0.3, 0.4) is 0 Å². The average Bonchev–Trinajstić information content (AvgIpc) is 3.26. The number of carbonyl (C=O) groups is 1. The largest absolute Gasteiger partial charge is 0.376 e. The Labute approximate surface area is 159 Å². The maximum atomic E-state index is 13.2. The molecule has 0 bridgehead atoms. The number of nitrogens with zero attached hydrogens (tertiary/aromatic N) is 1. The van der Waals surface area contributed by atoms with Crippen molar-refractivity contribution in [3.05, 3.63) is 34.9 Å². The molecular formula is C23H35NO2. The molecule has 0 radical (unpaired) electrons. The quantitative estimate of drug-likeness (QED) is 0.765. The Morgan fingerprint density at radius 2 is 1.58 bits per heavy atom. The van der Waals surface area contributed by atoms with E-state index in [0.717, 1.165) is 37.6 Å². The number of ether oxygens (including phenoxy) is 1. The second-order valence-electron chi connectivity index (χ2n) is 10.2. The summed E-state index contributed by atoms with van der Waals surface area (Å²) in [5.41, 5.74) is 3.34. The normalized spacial score (nSPS) is 21.3. The molecule has 1 aliphatic carbocycles. The summed E-state index contributed by atoms with van der Waals surface area (Å²) in [6.07, 6.45) is 3.80. The highest BCUT2D eigenvalue weighted by Crippen LogP contribution is 2.32. The summed E-state index contributed by atoms with van der Waals surface area (Å²) in [5.74, 6) is 0.927. The maximum Gasteiger partial charge on any atom is 0.253 e. The van der Waals surface area contributed by atoms with E-state index in [2.05, 4.69) is 59.7 Å². The van der Waals surface area contributed by atoms with Crippen molar-refractivity contribution >= 4 is 5.91 Å². The lowest BCUT2D eigenvalue weighted by Crippen LogP contribution is -2.31. The van der Waals surface area contributed by atoms with Crippen molar-refractivity contribution in [2.75, 3.05) is 19.7 Å². The van der Waals surface area contributed by atoms with Gasteiger partial charge in [-0.2, -0.15) is 0 Å². The van der Waals surface area contributed by atoms with Crippen LogP contribution in [-0.4, -0.2) is 36.6 Å². The van der Waals surface area contributed by atoms with Crippen LogP contribution in [0.4, 0.5) is 0 Å². The minimum absolute atomic E-state index is 0.0250. The van der Waals surface area contributed by atoms with E-state index in [1.165, 1.54) is 24.0 Å². The molecular weight excluding hydrogens is 322 g/mol. The molecule has 1 atom stereocenters. The molecule has 0 aromatic heterocycles. The van der Waals surface area contributed by atoms with E-state index in [1.807, 2.05) is 4.90 Å². The number of amides is 1. The highest BCUT2D eigenvalue weighted by atomic mass is 16.5. The van der Waals surface area contributed by atoms with Gasteiger partial charge in [-0.25, -0.2) is 0 Å². The maximum absolute atomic E-state index is 13.2. The van der Waals surface area contributed by atoms with Gasteiger partial charge in [0.2, 0.25) is 0 Å². The van der Waals surface area contributed by atoms with Crippen LogP contribution in [0.2, 0.25) is 0 Å². The second-order valence-corrected chi connectivity index (χ2v) is 10.2. The molecule has 0 N–H and O–H groups in total. The van der Waals surface area contributed by atoms with Crippen LogP contribution in [0.25, 0.3) is 0 Å². The lowest BCUT2D eigenvalue weighted by molar-refractivity contribution is 0.0480. The summed E-state index contributed by atoms with van der Waals surface area (Å²) in [5, 5.41) is 0. The standard InChI is InChI=1S/C23H35NO2/c1-22(2,3)18-11-17(12-19(13-18)23(4,5)6)21(25)24-10-9-20(14-24)26-15-16-7-8-16/h11-13,16,20H,7-10,14-15H2,1-6H3. The van der Waals surface area contributed by atoms with E-state index in [-0.39, 0.29) is 22.8 Å². The molecule has 1 saturated heterocycles. The van der Waals surface area contributed by atoms with Crippen molar-refractivity contribution in [2.24, 2.45) is 5.92 Å². The number of carbonyl (C=O) groups excluding carboxylic acids is 1. The van der Waals surface area contributed by atoms with Gasteiger partial charge in [0.15, 0.2) is 0 Å². The summed E-state index contributed by atoms with van der Waals surface area (Å²) in [6.45, 7) is 15.7. The minimum Gasteiger partial charge on any atom is -0.376 e. The van der Waals surface area contributed by atoms with Crippen molar-refractivity contribution in [1.82, 2.24) is 4.90 Å². The van der Waals surface area contributed by atoms with Crippen LogP contribution in [0, 0.1) is 5.92 Å². The first-order chi connectivity index (χ1) is 12.0. The molecule has 26 heavy (non-hydrogen) atoms. The predicted octanol–water partition coefficient (Wildman–Crippen LogP) is 4.92. The Bertz CT molecular complexity index is 630. The molecule has 3 rings (SSSR count). The van der Waals surface area contributed by atoms with E-state index in [9.17, 15) is 4.79 Å². The van der Waals surface area contributed by atoms with Gasteiger partial charge in [0.25, 0.3) is 5.91 Å². The molecule has 2 aliphatic rings. The highest BCUT2D eigenvalue weighted by Gasteiger charge is 2.31. The second kappa shape index (κ2) is 6.99. The number of benzene rings is 1. The monoisotopic (exact) mass is 357 g/mol. The number of likely N-dealkylation sites (tertiary alicyclic amines) is 1. The van der Waals surface area contributed by atoms with Gasteiger partial charge in [0, 0.05) is 25.3 Å². The lowest BCUT2D eigenvalue weighted by Gasteiger charge is -2.27. The Kier molecular flexibility index (Phi) is 5.22. The molecule has 1 aliphatic heterocycles. The number of hydrogen-bond donors (Lipinski definition) is 0. The van der Waals surface area contributed by atoms with Crippen LogP contribution in [0.5, 0.6) is 0 Å². The topological polar surface area (TPSA) is 29.5 Å². The van der Waals surface area contributed by atoms with Crippen molar-refractivity contribution in [3.8, 4) is 0 Å². The zero-order chi connectivity index (χ0) is 19.1. The fraction of sp³-hybridized carbons (Fsp3) is 0.696. The van der Waals surface area contributed by atoms with Crippen LogP contribution in [0.15, 0.2) is 18.2 Å². The van der Waals surface area contributed by atoms with Crippen molar-refractivity contribution in [1.29, 1.82) is 0 Å². The van der Waals surface area contributed by atoms with E-state index < -0.39 is 0 Å². The molecule has 1 aromatic carbocycles. The molecule has 3 heteroatoms. The van der Waals surface area contributed by atoms with Crippen LogP contribution in [-0.2, 0) is 15.6 Å². The minimum atomic E-state index is 0.0250. The van der Waals surface area contributed by atoms with Gasteiger partial charge in [-0.1, -0.05) is 47.6 Å². The zero-order valence-electron chi connectivity index (χ0n) is 17.4. The summed E-state index contributed by atoms with van der Waals surface area (Å²) in [6, 6.07) is 6.45. The third kappa shape index (κ3) is 4.68. The van der Waals surface area contributed by atoms with Gasteiger partial charge in [-0.05, 0) is 59.3 Å². The van der Waals surface area contributed by atoms with Crippen molar-refractivity contribution in [3.63, 3.8) is 0 Å². The van der Waals surface area contributed by atoms with Crippen LogP contribution in [0.1, 0.15) is 82.3 Å². The molecule has 1 amide bonds. The van der Waals surface area contributed by atoms with Gasteiger partial charge >= 0.3 is 0 Å². The lowest BCUT2D eigenvalue weighted by atomic mass is 9.79. The summed E-state index contributed by atoms with van der Waals surface area (Å²) in [7, 11) is 0. The third-order valence-electron chi connectivity index (χ3n) is 5.61. The van der Waals surface area contributed by atoms with E-state index >= 15 is 0 Å². The Hall–Kier alpha value is -1.35. The smallest absolute Gasteiger partial charge is 0.253 e. The van der Waals surface area contributed by atoms with Gasteiger partial charge in [0.05, 0.1) is 6.10 Å². The van der Waals surface area contributed by atoms with Crippen molar-refractivity contribution in [2.45, 2.75) is 77.7 Å². The molecule has 2 fully saturated rings. The molecule has 1 heterocycles. The van der Waals surface area contributed by atoms with Gasteiger partial charge in [-0.15, -0.1) is 0 Å². The first kappa shape index (κ1) is 19.4. The fourth-order valence-corrected chi connectivity index (χ4v) is 3.41. The summed E-state index contributed by atoms with van der Waals surface area (Å²) < 4.78 is 6.01. The number of rotatable bonds is 4. The SMILES string of the molecule is CC(C)(C)c1cc(C(=O)N2CCC(OCC3CC3)C2)cc(C(C)(C)C)c1. The Morgan fingerprint density at radius 1 is 1.00 bits per heavy atom. The van der Waals surface area contributed by atoms with Gasteiger partial charge in [-0.3, -0.25) is 4.79 Å². The van der Waals surface area contributed by atoms with Crippen LogP contribution < -0.4 is 0 Å². The zero-order valence-corrected chi connectivity index (χ0v) is 17.4. The predicted molar refractivity (Wildman–Crippen MR) is 107 cm³/mol. The van der Waals surface area contributed by atoms with E-state index in [0.29, 0.717) is 0 Å². The van der Waals surface area contributed by atoms with E-state index in [4.69, 9.17) is 4.74 Å². The Balaban J connectivity index is 1.77. The molecule has 1 unspecified atom stereocenters. The number of hydrogen-bond acceptors (Lipinski definition) is 2. The average molecular weight is 358 g/mol. The summed E-state index contributed by atoms with van der Waals surface area (Å²) in [4.78, 5) is 15.1. The van der Waals surface area contributed by atoms with Gasteiger partial charge in [0.1, 0.15) is 0 Å².